The number of fused-ring (bicyclic) bond motifs is 4. The number of ether oxygens (including phenoxy) is 1. The number of methoxy groups -OCH3 is 1. The first-order chi connectivity index (χ1) is 20.8. The quantitative estimate of drug-likeness (QED) is 0.272. The maximum absolute atomic E-state index is 15.4. The molecule has 1 amide bonds. The lowest BCUT2D eigenvalue weighted by atomic mass is 9.67. The summed E-state index contributed by atoms with van der Waals surface area (Å²) in [5.74, 6) is 1.19. The lowest BCUT2D eigenvalue weighted by Gasteiger charge is -2.53. The molecule has 1 spiro atoms. The first-order valence-corrected chi connectivity index (χ1v) is 19.4. The number of halogens is 1. The van der Waals surface area contributed by atoms with Gasteiger partial charge in [-0.15, -0.1) is 0 Å². The summed E-state index contributed by atoms with van der Waals surface area (Å²) >= 11 is 0. The van der Waals surface area contributed by atoms with Crippen LogP contribution in [0.1, 0.15) is 88.7 Å². The Labute approximate surface area is 263 Å². The van der Waals surface area contributed by atoms with E-state index in [-0.39, 0.29) is 34.3 Å². The van der Waals surface area contributed by atoms with Crippen LogP contribution < -0.4 is 4.74 Å². The first kappa shape index (κ1) is 31.3. The first-order valence-electron chi connectivity index (χ1n) is 16.5. The molecule has 8 heteroatoms. The molecule has 3 aliphatic rings. The molecule has 0 unspecified atom stereocenters. The fourth-order valence-corrected chi connectivity index (χ4v) is 8.42. The Morgan fingerprint density at radius 3 is 2.45 bits per heavy atom. The average molecular weight is 620 g/mol. The zero-order valence-electron chi connectivity index (χ0n) is 27.6. The van der Waals surface area contributed by atoms with E-state index in [1.54, 1.807) is 19.2 Å². The smallest absolute Gasteiger partial charge is 0.225 e. The number of benzene rings is 2. The second-order valence-electron chi connectivity index (χ2n) is 15.0. The number of aromatic amines is 1. The van der Waals surface area contributed by atoms with Crippen LogP contribution in [0.4, 0.5) is 4.39 Å². The van der Waals surface area contributed by atoms with E-state index in [2.05, 4.69) is 73.8 Å². The maximum atomic E-state index is 15.4. The van der Waals surface area contributed by atoms with Crippen molar-refractivity contribution in [3.05, 3.63) is 65.1 Å². The van der Waals surface area contributed by atoms with E-state index in [0.29, 0.717) is 18.1 Å². The normalized spacial score (nSPS) is 21.7. The molecular weight excluding hydrogens is 569 g/mol. The summed E-state index contributed by atoms with van der Waals surface area (Å²) in [6, 6.07) is 13.3. The van der Waals surface area contributed by atoms with Gasteiger partial charge in [0.25, 0.3) is 0 Å². The second kappa shape index (κ2) is 11.6. The number of aromatic nitrogens is 1. The Hall–Kier alpha value is -2.68. The highest BCUT2D eigenvalue weighted by atomic mass is 28.4. The number of nitrogens with one attached hydrogen (secondary N) is 1. The summed E-state index contributed by atoms with van der Waals surface area (Å²) in [5, 5.41) is 1.29. The molecule has 1 aliphatic carbocycles. The third kappa shape index (κ3) is 5.41. The molecule has 1 saturated carbocycles. The van der Waals surface area contributed by atoms with E-state index in [0.717, 1.165) is 63.0 Å². The number of nitrogens with zero attached hydrogens (tertiary/aromatic N) is 2. The van der Waals surface area contributed by atoms with Crippen LogP contribution in [0.2, 0.25) is 18.1 Å². The number of hydrogen-bond acceptors (Lipinski definition) is 4. The Morgan fingerprint density at radius 1 is 1.14 bits per heavy atom. The molecule has 1 saturated heterocycles. The zero-order chi connectivity index (χ0) is 31.4. The molecule has 3 heterocycles. The van der Waals surface area contributed by atoms with Gasteiger partial charge >= 0.3 is 0 Å². The van der Waals surface area contributed by atoms with Crippen LogP contribution in [0, 0.1) is 11.7 Å². The molecule has 1 aromatic heterocycles. The fraction of sp³-hybridized carbons (Fsp3) is 0.583. The fourth-order valence-electron chi connectivity index (χ4n) is 7.41. The van der Waals surface area contributed by atoms with Crippen molar-refractivity contribution in [1.29, 1.82) is 0 Å². The Balaban J connectivity index is 1.45. The third-order valence-corrected chi connectivity index (χ3v) is 16.0. The van der Waals surface area contributed by atoms with Crippen molar-refractivity contribution >= 4 is 25.1 Å². The van der Waals surface area contributed by atoms with Crippen LogP contribution in [-0.2, 0) is 14.6 Å². The van der Waals surface area contributed by atoms with Gasteiger partial charge in [0, 0.05) is 65.2 Å². The van der Waals surface area contributed by atoms with Crippen LogP contribution in [0.15, 0.2) is 42.5 Å². The highest BCUT2D eigenvalue weighted by Gasteiger charge is 2.50. The Bertz CT molecular complexity index is 1520. The van der Waals surface area contributed by atoms with Crippen molar-refractivity contribution in [3.8, 4) is 5.75 Å². The third-order valence-electron chi connectivity index (χ3n) is 11.5. The Morgan fingerprint density at radius 2 is 1.84 bits per heavy atom. The van der Waals surface area contributed by atoms with E-state index < -0.39 is 8.32 Å². The van der Waals surface area contributed by atoms with Crippen LogP contribution >= 0.6 is 0 Å². The van der Waals surface area contributed by atoms with Gasteiger partial charge in [-0.3, -0.25) is 9.69 Å². The lowest BCUT2D eigenvalue weighted by Crippen LogP contribution is -2.56. The predicted molar refractivity (Wildman–Crippen MR) is 177 cm³/mol. The molecule has 238 valence electrons. The largest absolute Gasteiger partial charge is 0.497 e. The molecule has 44 heavy (non-hydrogen) atoms. The van der Waals surface area contributed by atoms with Crippen molar-refractivity contribution in [2.24, 2.45) is 5.92 Å². The number of hydrogen-bond donors (Lipinski definition) is 1. The van der Waals surface area contributed by atoms with Gasteiger partial charge < -0.3 is 19.0 Å². The van der Waals surface area contributed by atoms with Gasteiger partial charge in [-0.25, -0.2) is 4.39 Å². The average Bonchev–Trinajstić information content (AvgIpc) is 3.35. The van der Waals surface area contributed by atoms with Gasteiger partial charge in [0.2, 0.25) is 5.91 Å². The van der Waals surface area contributed by atoms with Crippen LogP contribution in [0.5, 0.6) is 5.75 Å². The number of likely N-dealkylation sites (tertiary alicyclic amines) is 1. The van der Waals surface area contributed by atoms with E-state index >= 15 is 4.39 Å². The lowest BCUT2D eigenvalue weighted by molar-refractivity contribution is -0.140. The minimum Gasteiger partial charge on any atom is -0.497 e. The van der Waals surface area contributed by atoms with Crippen molar-refractivity contribution in [2.75, 3.05) is 33.4 Å². The maximum Gasteiger partial charge on any atom is 0.225 e. The second-order valence-corrected chi connectivity index (χ2v) is 19.8. The number of rotatable bonds is 7. The summed E-state index contributed by atoms with van der Waals surface area (Å²) in [4.78, 5) is 21.7. The monoisotopic (exact) mass is 619 g/mol. The van der Waals surface area contributed by atoms with E-state index in [1.165, 1.54) is 16.6 Å². The predicted octanol–water partition coefficient (Wildman–Crippen LogP) is 8.12. The molecule has 1 N–H and O–H groups in total. The summed E-state index contributed by atoms with van der Waals surface area (Å²) < 4.78 is 27.9. The molecule has 0 bridgehead atoms. The molecule has 3 aromatic rings. The number of carbonyl (C=O) groups excluding carboxylic acids is 1. The van der Waals surface area contributed by atoms with Gasteiger partial charge in [-0.05, 0) is 74.5 Å². The SMILES string of the molecule is COc1ccc2c3c([nH]c2c1)[C@H](CO[Si](C)(C)C(C)(C)C)N([C@H](C)c1ccccc1F)CC31CCN(C(=O)C2CCC2)CC1. The zero-order valence-corrected chi connectivity index (χ0v) is 28.6. The highest BCUT2D eigenvalue weighted by molar-refractivity contribution is 6.74. The molecule has 6 nitrogen and oxygen atoms in total. The summed E-state index contributed by atoms with van der Waals surface area (Å²) in [7, 11) is -0.374. The Kier molecular flexibility index (Phi) is 8.25. The molecule has 2 aromatic carbocycles. The van der Waals surface area contributed by atoms with Gasteiger partial charge in [0.1, 0.15) is 11.6 Å². The summed E-state index contributed by atoms with van der Waals surface area (Å²) in [6.07, 6.45) is 4.98. The van der Waals surface area contributed by atoms with Crippen LogP contribution in [0.25, 0.3) is 10.9 Å². The van der Waals surface area contributed by atoms with E-state index in [4.69, 9.17) is 9.16 Å². The van der Waals surface area contributed by atoms with E-state index in [1.807, 2.05) is 12.1 Å². The van der Waals surface area contributed by atoms with Crippen LogP contribution in [0.3, 0.4) is 0 Å². The molecule has 2 aliphatic heterocycles. The summed E-state index contributed by atoms with van der Waals surface area (Å²) in [5.41, 5.74) is 4.11. The summed E-state index contributed by atoms with van der Waals surface area (Å²) in [6.45, 7) is 16.4. The number of piperidine rings is 1. The van der Waals surface area contributed by atoms with Gasteiger partial charge in [0.05, 0.1) is 19.8 Å². The molecular formula is C36H50FN3O3Si. The topological polar surface area (TPSA) is 57.8 Å². The van der Waals surface area contributed by atoms with Gasteiger partial charge in [0.15, 0.2) is 8.32 Å². The minimum atomic E-state index is -2.08. The number of H-pyrrole nitrogens is 1. The van der Waals surface area contributed by atoms with Crippen LogP contribution in [-0.4, -0.2) is 62.4 Å². The van der Waals surface area contributed by atoms with E-state index in [9.17, 15) is 4.79 Å². The molecule has 2 fully saturated rings. The molecule has 0 radical (unpaired) electrons. The van der Waals surface area contributed by atoms with Gasteiger partial charge in [-0.2, -0.15) is 0 Å². The highest BCUT2D eigenvalue weighted by Crippen LogP contribution is 2.52. The molecule has 2 atom stereocenters. The number of amides is 1. The molecule has 6 rings (SSSR count). The van der Waals surface area contributed by atoms with Gasteiger partial charge in [-0.1, -0.05) is 45.4 Å². The van der Waals surface area contributed by atoms with Crippen molar-refractivity contribution in [2.45, 2.75) is 95.4 Å². The van der Waals surface area contributed by atoms with Crippen molar-refractivity contribution in [1.82, 2.24) is 14.8 Å². The number of carbonyl (C=O) groups is 1. The van der Waals surface area contributed by atoms with Crippen molar-refractivity contribution < 1.29 is 18.3 Å². The van der Waals surface area contributed by atoms with Crippen molar-refractivity contribution in [3.63, 3.8) is 0 Å². The minimum absolute atomic E-state index is 0.0708. The standard InChI is InChI=1S/C36H50FN3O3Si/c1-24(27-13-8-9-14-29(27)37)40-23-36(17-19-39(20-18-36)34(41)25-11-10-12-25)32-28-16-15-26(42-5)21-30(28)38-33(32)31(40)22-43-44(6,7)35(2,3)4/h8-9,13-16,21,24-25,31,38H,10-12,17-20,22-23H2,1-7H3/t24-,31+/m1/s1.